The van der Waals surface area contributed by atoms with Crippen molar-refractivity contribution in [2.75, 3.05) is 7.05 Å². The highest BCUT2D eigenvalue weighted by molar-refractivity contribution is 7.78. The Morgan fingerprint density at radius 2 is 1.67 bits per heavy atom. The number of nitrogens with one attached hydrogen (secondary N) is 1. The summed E-state index contributed by atoms with van der Waals surface area (Å²) in [5.41, 5.74) is 1.70. The van der Waals surface area contributed by atoms with Gasteiger partial charge in [-0.25, -0.2) is 9.97 Å². The maximum absolute atomic E-state index is 10.3. The van der Waals surface area contributed by atoms with E-state index in [-0.39, 0.29) is 0 Å². The number of fused-ring (bicyclic) bond motifs is 1. The van der Waals surface area contributed by atoms with Gasteiger partial charge in [0.25, 0.3) is 0 Å². The van der Waals surface area contributed by atoms with Crippen molar-refractivity contribution in [1.82, 2.24) is 14.7 Å². The van der Waals surface area contributed by atoms with Gasteiger partial charge in [0.15, 0.2) is 5.82 Å². The first-order valence-electron chi connectivity index (χ1n) is 12.2. The molecule has 36 heavy (non-hydrogen) atoms. The maximum Gasteiger partial charge on any atom is 0.160 e. The molecule has 0 unspecified atom stereocenters. The van der Waals surface area contributed by atoms with Crippen LogP contribution in [0, 0.1) is 5.92 Å². The Morgan fingerprint density at radius 3 is 2.25 bits per heavy atom. The first-order valence-corrected chi connectivity index (χ1v) is 13.8. The molecule has 0 aliphatic carbocycles. The lowest BCUT2D eigenvalue weighted by atomic mass is 10.0. The third kappa shape index (κ3) is 10.2. The Morgan fingerprint density at radius 1 is 1.06 bits per heavy atom. The molecule has 196 valence electrons. The highest BCUT2D eigenvalue weighted by Crippen LogP contribution is 2.35. The zero-order valence-electron chi connectivity index (χ0n) is 22.6. The van der Waals surface area contributed by atoms with Crippen LogP contribution in [0.3, 0.4) is 0 Å². The fraction of sp³-hybridized carbons (Fsp3) is 0.379. The Hall–Kier alpha value is -1.96. The molecule has 0 amide bonds. The number of thiol groups is 1. The number of rotatable bonds is 4. The maximum atomic E-state index is 10.3. The topological polar surface area (TPSA) is 58.0 Å². The summed E-state index contributed by atoms with van der Waals surface area (Å²) in [6, 6.07) is 18.0. The summed E-state index contributed by atoms with van der Waals surface area (Å²) in [6.45, 7) is 14.0. The summed E-state index contributed by atoms with van der Waals surface area (Å²) in [4.78, 5) is 10.3. The predicted molar refractivity (Wildman–Crippen MR) is 162 cm³/mol. The normalized spacial score (nSPS) is 10.6. The predicted octanol–water partition coefficient (Wildman–Crippen LogP) is 8.57. The summed E-state index contributed by atoms with van der Waals surface area (Å²) in [5, 5.41) is 12.2. The molecule has 0 aliphatic heterocycles. The van der Waals surface area contributed by atoms with Gasteiger partial charge >= 0.3 is 0 Å². The molecule has 0 radical (unpaired) electrons. The van der Waals surface area contributed by atoms with E-state index >= 15 is 0 Å². The van der Waals surface area contributed by atoms with Crippen LogP contribution in [0.4, 0.5) is 0 Å². The molecule has 2 aromatic carbocycles. The van der Waals surface area contributed by atoms with Gasteiger partial charge in [0.2, 0.25) is 0 Å². The minimum atomic E-state index is -1.00. The highest BCUT2D eigenvalue weighted by Gasteiger charge is 2.19. The van der Waals surface area contributed by atoms with Crippen LogP contribution in [0.25, 0.3) is 21.5 Å². The van der Waals surface area contributed by atoms with Crippen molar-refractivity contribution in [2.24, 2.45) is 5.92 Å². The summed E-state index contributed by atoms with van der Waals surface area (Å²) >= 11 is 11.6. The van der Waals surface area contributed by atoms with E-state index < -0.39 is 5.60 Å². The molecule has 0 spiro atoms. The molecule has 2 N–H and O–H groups in total. The van der Waals surface area contributed by atoms with Crippen molar-refractivity contribution >= 4 is 45.8 Å². The number of nitrogens with zero attached hydrogens (tertiary/aromatic N) is 2. The minimum absolute atomic E-state index is 0.609. The van der Waals surface area contributed by atoms with Crippen molar-refractivity contribution in [3.8, 4) is 11.4 Å². The quantitative estimate of drug-likeness (QED) is 0.225. The molecule has 2 aromatic heterocycles. The molecule has 0 bridgehead atoms. The molecular weight excluding hydrogens is 506 g/mol. The van der Waals surface area contributed by atoms with Crippen LogP contribution in [0.2, 0.25) is 5.02 Å². The number of benzene rings is 2. The van der Waals surface area contributed by atoms with Gasteiger partial charge < -0.3 is 5.11 Å². The fourth-order valence-electron chi connectivity index (χ4n) is 3.04. The Bertz CT molecular complexity index is 1180. The Kier molecular flexibility index (Phi) is 14.3. The van der Waals surface area contributed by atoms with Gasteiger partial charge in [-0.05, 0) is 62.0 Å². The summed E-state index contributed by atoms with van der Waals surface area (Å²) in [7, 11) is 1.74. The molecule has 7 heteroatoms. The van der Waals surface area contributed by atoms with Gasteiger partial charge in [0.05, 0.1) is 5.69 Å². The standard InChI is InChI=1S/C22H19ClN2OS.C4H10.C2H6.CH5NS/c1-22(2,26)19-10-11-24-21(25-19)17-8-5-7-15-13-16(27-20(15)17)12-14-6-3-4-9-18(14)23;1-4(2)3;1-2;1-2-3/h3-11,13,26H,12H2,1-2H3;4H,1-3H3;1-2H3;2-3H,1H3. The van der Waals surface area contributed by atoms with Crippen LogP contribution in [0.15, 0.2) is 60.8 Å². The highest BCUT2D eigenvalue weighted by atomic mass is 35.5. The van der Waals surface area contributed by atoms with Gasteiger partial charge in [-0.15, -0.1) is 11.3 Å². The third-order valence-electron chi connectivity index (χ3n) is 4.44. The second-order valence-corrected chi connectivity index (χ2v) is 11.0. The molecule has 4 nitrogen and oxygen atoms in total. The van der Waals surface area contributed by atoms with Crippen LogP contribution in [0.5, 0.6) is 0 Å². The van der Waals surface area contributed by atoms with Gasteiger partial charge in [0, 0.05) is 32.8 Å². The van der Waals surface area contributed by atoms with Crippen molar-refractivity contribution < 1.29 is 5.11 Å². The number of thiophene rings is 1. The van der Waals surface area contributed by atoms with Crippen LogP contribution >= 0.6 is 35.8 Å². The lowest BCUT2D eigenvalue weighted by molar-refractivity contribution is 0.0738. The second-order valence-electron chi connectivity index (χ2n) is 8.98. The number of hydrogen-bond acceptors (Lipinski definition) is 6. The Balaban J connectivity index is 0.000000633. The van der Waals surface area contributed by atoms with E-state index in [1.165, 1.54) is 4.88 Å². The zero-order valence-corrected chi connectivity index (χ0v) is 25.1. The summed E-state index contributed by atoms with van der Waals surface area (Å²) in [6.07, 6.45) is 2.50. The van der Waals surface area contributed by atoms with Gasteiger partial charge in [-0.2, -0.15) is 0 Å². The lowest BCUT2D eigenvalue weighted by Gasteiger charge is -2.16. The second kappa shape index (κ2) is 16.0. The lowest BCUT2D eigenvalue weighted by Crippen LogP contribution is -2.17. The molecule has 0 aliphatic rings. The molecule has 0 atom stereocenters. The average Bonchev–Trinajstić information content (AvgIpc) is 3.24. The molecule has 0 saturated carbocycles. The zero-order chi connectivity index (χ0) is 27.3. The fourth-order valence-corrected chi connectivity index (χ4v) is 4.43. The van der Waals surface area contributed by atoms with E-state index in [9.17, 15) is 5.11 Å². The molecule has 4 rings (SSSR count). The number of halogens is 1. The molecule has 4 aromatic rings. The summed E-state index contributed by atoms with van der Waals surface area (Å²) < 4.78 is 3.59. The first-order chi connectivity index (χ1) is 17.1. The van der Waals surface area contributed by atoms with Crippen LogP contribution in [-0.2, 0) is 12.0 Å². The Labute approximate surface area is 231 Å². The van der Waals surface area contributed by atoms with Gasteiger partial charge in [-0.3, -0.25) is 4.72 Å². The van der Waals surface area contributed by atoms with Crippen LogP contribution < -0.4 is 4.72 Å². The number of hydrogen-bond donors (Lipinski definition) is 3. The molecule has 0 fully saturated rings. The minimum Gasteiger partial charge on any atom is -0.384 e. The SMILES string of the molecule is CC.CC(C)(O)c1ccnc(-c2cccc3cc(Cc4ccccc4Cl)sc23)n1.CC(C)C.CNS. The van der Waals surface area contributed by atoms with E-state index in [4.69, 9.17) is 11.6 Å². The molecular formula is C29H40ClN3OS2. The van der Waals surface area contributed by atoms with Crippen molar-refractivity contribution in [3.05, 3.63) is 82.0 Å². The van der Waals surface area contributed by atoms with E-state index in [0.717, 1.165) is 38.6 Å². The van der Waals surface area contributed by atoms with Crippen LogP contribution in [-0.4, -0.2) is 22.1 Å². The van der Waals surface area contributed by atoms with E-state index in [2.05, 4.69) is 66.5 Å². The van der Waals surface area contributed by atoms with E-state index in [1.807, 2.05) is 44.2 Å². The summed E-state index contributed by atoms with van der Waals surface area (Å²) in [5.74, 6) is 1.46. The van der Waals surface area contributed by atoms with Gasteiger partial charge in [-0.1, -0.05) is 89.4 Å². The largest absolute Gasteiger partial charge is 0.384 e. The van der Waals surface area contributed by atoms with E-state index in [0.29, 0.717) is 11.5 Å². The molecule has 2 heterocycles. The molecule has 0 saturated heterocycles. The number of aliphatic hydroxyl groups is 1. The van der Waals surface area contributed by atoms with Crippen molar-refractivity contribution in [1.29, 1.82) is 0 Å². The van der Waals surface area contributed by atoms with Gasteiger partial charge in [0.1, 0.15) is 5.60 Å². The third-order valence-corrected chi connectivity index (χ3v) is 5.99. The number of aromatic nitrogens is 2. The first kappa shape index (κ1) is 32.1. The van der Waals surface area contributed by atoms with E-state index in [1.54, 1.807) is 44.5 Å². The van der Waals surface area contributed by atoms with Crippen LogP contribution in [0.1, 0.15) is 64.6 Å². The smallest absolute Gasteiger partial charge is 0.160 e. The monoisotopic (exact) mass is 545 g/mol. The van der Waals surface area contributed by atoms with Crippen molar-refractivity contribution in [2.45, 2.75) is 60.5 Å². The van der Waals surface area contributed by atoms with Crippen molar-refractivity contribution in [3.63, 3.8) is 0 Å². The average molecular weight is 546 g/mol.